The van der Waals surface area contributed by atoms with Gasteiger partial charge in [-0.15, -0.1) is 11.3 Å². The van der Waals surface area contributed by atoms with E-state index in [0.29, 0.717) is 15.3 Å². The zero-order chi connectivity index (χ0) is 22.0. The summed E-state index contributed by atoms with van der Waals surface area (Å²) < 4.78 is 5.75. The number of aromatic nitrogens is 1. The average Bonchev–Trinajstić information content (AvgIpc) is 3.13. The van der Waals surface area contributed by atoms with Crippen molar-refractivity contribution in [2.24, 2.45) is 0 Å². The SMILES string of the molecule is CC(=O)N(c1ccc(C)c(C)c1)c1nc(COC(=O)c2cc(C)cc(Br)c2O)cs1. The molecule has 8 heteroatoms. The molecule has 3 aromatic rings. The molecule has 156 valence electrons. The van der Waals surface area contributed by atoms with Crippen molar-refractivity contribution in [3.8, 4) is 5.75 Å². The van der Waals surface area contributed by atoms with Crippen LogP contribution in [0.2, 0.25) is 0 Å². The smallest absolute Gasteiger partial charge is 0.342 e. The van der Waals surface area contributed by atoms with E-state index in [9.17, 15) is 14.7 Å². The highest BCUT2D eigenvalue weighted by Crippen LogP contribution is 2.32. The lowest BCUT2D eigenvalue weighted by Crippen LogP contribution is -2.22. The van der Waals surface area contributed by atoms with E-state index < -0.39 is 5.97 Å². The number of amides is 1. The number of thiazole rings is 1. The molecule has 0 radical (unpaired) electrons. The minimum absolute atomic E-state index is 0.0704. The molecule has 1 aromatic heterocycles. The first-order valence-electron chi connectivity index (χ1n) is 9.16. The molecule has 1 heterocycles. The highest BCUT2D eigenvalue weighted by molar-refractivity contribution is 9.10. The van der Waals surface area contributed by atoms with Gasteiger partial charge in [0, 0.05) is 12.3 Å². The fourth-order valence-corrected chi connectivity index (χ4v) is 4.31. The van der Waals surface area contributed by atoms with Gasteiger partial charge in [-0.05, 0) is 77.7 Å². The first kappa shape index (κ1) is 22.0. The number of rotatable bonds is 5. The van der Waals surface area contributed by atoms with Gasteiger partial charge in [0.2, 0.25) is 5.91 Å². The first-order valence-corrected chi connectivity index (χ1v) is 10.8. The Morgan fingerprint density at radius 3 is 2.57 bits per heavy atom. The molecule has 3 rings (SSSR count). The predicted octanol–water partition coefficient (Wildman–Crippen LogP) is 5.58. The average molecular weight is 489 g/mol. The summed E-state index contributed by atoms with van der Waals surface area (Å²) in [4.78, 5) is 30.7. The Balaban J connectivity index is 1.77. The number of anilines is 2. The third-order valence-corrected chi connectivity index (χ3v) is 6.05. The molecule has 0 atom stereocenters. The van der Waals surface area contributed by atoms with Crippen LogP contribution in [-0.2, 0) is 16.1 Å². The second kappa shape index (κ2) is 8.97. The molecule has 0 fully saturated rings. The molecule has 0 spiro atoms. The zero-order valence-electron chi connectivity index (χ0n) is 17.0. The van der Waals surface area contributed by atoms with Crippen LogP contribution in [0.5, 0.6) is 5.75 Å². The van der Waals surface area contributed by atoms with Crippen molar-refractivity contribution in [3.63, 3.8) is 0 Å². The fraction of sp³-hybridized carbons (Fsp3) is 0.227. The number of phenolic OH excluding ortho intramolecular Hbond substituents is 1. The van der Waals surface area contributed by atoms with Crippen molar-refractivity contribution in [3.05, 3.63) is 68.1 Å². The summed E-state index contributed by atoms with van der Waals surface area (Å²) in [7, 11) is 0. The number of benzene rings is 2. The Bertz CT molecular complexity index is 1130. The third kappa shape index (κ3) is 4.71. The molecule has 0 aliphatic heterocycles. The Hall–Kier alpha value is -2.71. The Labute approximate surface area is 187 Å². The number of aryl methyl sites for hydroxylation is 3. The van der Waals surface area contributed by atoms with Gasteiger partial charge in [0.1, 0.15) is 17.9 Å². The largest absolute Gasteiger partial charge is 0.506 e. The minimum atomic E-state index is -0.649. The molecule has 0 unspecified atom stereocenters. The zero-order valence-corrected chi connectivity index (χ0v) is 19.4. The van der Waals surface area contributed by atoms with Gasteiger partial charge in [0.05, 0.1) is 15.9 Å². The summed E-state index contributed by atoms with van der Waals surface area (Å²) in [5.74, 6) is -0.975. The van der Waals surface area contributed by atoms with E-state index in [-0.39, 0.29) is 23.8 Å². The van der Waals surface area contributed by atoms with Crippen LogP contribution in [0.3, 0.4) is 0 Å². The van der Waals surface area contributed by atoms with Crippen LogP contribution < -0.4 is 4.90 Å². The highest BCUT2D eigenvalue weighted by atomic mass is 79.9. The predicted molar refractivity (Wildman–Crippen MR) is 121 cm³/mol. The van der Waals surface area contributed by atoms with E-state index in [1.807, 2.05) is 39.0 Å². The number of nitrogens with zero attached hydrogens (tertiary/aromatic N) is 2. The van der Waals surface area contributed by atoms with Crippen molar-refractivity contribution in [2.45, 2.75) is 34.3 Å². The maximum Gasteiger partial charge on any atom is 0.342 e. The van der Waals surface area contributed by atoms with Gasteiger partial charge in [-0.3, -0.25) is 9.69 Å². The summed E-state index contributed by atoms with van der Waals surface area (Å²) in [5.41, 5.74) is 4.36. The first-order chi connectivity index (χ1) is 14.2. The highest BCUT2D eigenvalue weighted by Gasteiger charge is 2.20. The minimum Gasteiger partial charge on any atom is -0.506 e. The lowest BCUT2D eigenvalue weighted by Gasteiger charge is -2.19. The van der Waals surface area contributed by atoms with E-state index in [1.165, 1.54) is 23.2 Å². The lowest BCUT2D eigenvalue weighted by atomic mass is 10.1. The molecule has 0 saturated carbocycles. The number of ether oxygens (including phenoxy) is 1. The van der Waals surface area contributed by atoms with Gasteiger partial charge in [-0.25, -0.2) is 9.78 Å². The molecule has 2 aromatic carbocycles. The molecule has 0 saturated heterocycles. The molecular weight excluding hydrogens is 468 g/mol. The van der Waals surface area contributed by atoms with E-state index in [1.54, 1.807) is 17.5 Å². The Kier molecular flexibility index (Phi) is 6.58. The molecule has 6 nitrogen and oxygen atoms in total. The molecule has 1 amide bonds. The number of hydrogen-bond acceptors (Lipinski definition) is 6. The van der Waals surface area contributed by atoms with Crippen LogP contribution in [0.25, 0.3) is 0 Å². The van der Waals surface area contributed by atoms with Crippen molar-refractivity contribution in [2.75, 3.05) is 4.90 Å². The number of halogens is 1. The van der Waals surface area contributed by atoms with Gasteiger partial charge < -0.3 is 9.84 Å². The second-order valence-corrected chi connectivity index (χ2v) is 8.65. The van der Waals surface area contributed by atoms with Crippen molar-refractivity contribution in [1.29, 1.82) is 0 Å². The van der Waals surface area contributed by atoms with Crippen molar-refractivity contribution in [1.82, 2.24) is 4.98 Å². The fourth-order valence-electron chi connectivity index (χ4n) is 2.86. The third-order valence-electron chi connectivity index (χ3n) is 4.57. The normalized spacial score (nSPS) is 10.7. The summed E-state index contributed by atoms with van der Waals surface area (Å²) in [5, 5.41) is 12.3. The lowest BCUT2D eigenvalue weighted by molar-refractivity contribution is -0.115. The maximum absolute atomic E-state index is 12.4. The number of carbonyl (C=O) groups is 2. The molecule has 0 bridgehead atoms. The summed E-state index contributed by atoms with van der Waals surface area (Å²) in [6, 6.07) is 9.05. The van der Waals surface area contributed by atoms with E-state index in [2.05, 4.69) is 20.9 Å². The van der Waals surface area contributed by atoms with E-state index >= 15 is 0 Å². The van der Waals surface area contributed by atoms with E-state index in [4.69, 9.17) is 4.74 Å². The topological polar surface area (TPSA) is 79.7 Å². The molecular formula is C22H21BrN2O4S. The number of esters is 1. The van der Waals surface area contributed by atoms with Crippen molar-refractivity contribution >= 4 is 50.0 Å². The van der Waals surface area contributed by atoms with Gasteiger partial charge in [-0.1, -0.05) is 6.07 Å². The number of phenols is 1. The van der Waals surface area contributed by atoms with Crippen LogP contribution >= 0.6 is 27.3 Å². The molecule has 0 aliphatic rings. The summed E-state index contributed by atoms with van der Waals surface area (Å²) in [6.45, 7) is 7.23. The van der Waals surface area contributed by atoms with Crippen LogP contribution in [0.15, 0.2) is 40.2 Å². The van der Waals surface area contributed by atoms with Crippen LogP contribution in [0.4, 0.5) is 10.8 Å². The van der Waals surface area contributed by atoms with Gasteiger partial charge in [0.15, 0.2) is 5.13 Å². The maximum atomic E-state index is 12.4. The number of carbonyl (C=O) groups excluding carboxylic acids is 2. The monoisotopic (exact) mass is 488 g/mol. The van der Waals surface area contributed by atoms with Crippen LogP contribution in [-0.4, -0.2) is 22.0 Å². The number of hydrogen-bond donors (Lipinski definition) is 1. The van der Waals surface area contributed by atoms with Gasteiger partial charge in [-0.2, -0.15) is 0 Å². The molecule has 30 heavy (non-hydrogen) atoms. The summed E-state index contributed by atoms with van der Waals surface area (Å²) >= 11 is 4.51. The summed E-state index contributed by atoms with van der Waals surface area (Å²) in [6.07, 6.45) is 0. The van der Waals surface area contributed by atoms with Crippen molar-refractivity contribution < 1.29 is 19.4 Å². The molecule has 1 N–H and O–H groups in total. The second-order valence-electron chi connectivity index (χ2n) is 6.96. The van der Waals surface area contributed by atoms with Gasteiger partial charge >= 0.3 is 5.97 Å². The Morgan fingerprint density at radius 1 is 1.17 bits per heavy atom. The molecule has 0 aliphatic carbocycles. The van der Waals surface area contributed by atoms with Crippen LogP contribution in [0.1, 0.15) is 39.7 Å². The van der Waals surface area contributed by atoms with Gasteiger partial charge in [0.25, 0.3) is 0 Å². The quantitative estimate of drug-likeness (QED) is 0.474. The van der Waals surface area contributed by atoms with Crippen LogP contribution in [0, 0.1) is 20.8 Å². The number of aromatic hydroxyl groups is 1. The standard InChI is InChI=1S/C22H21BrN2O4S/c1-12-7-18(20(27)19(23)8-12)21(28)29-10-16-11-30-22(24-16)25(15(4)26)17-6-5-13(2)14(3)9-17/h5-9,11,27H,10H2,1-4H3. The Morgan fingerprint density at radius 2 is 1.90 bits per heavy atom. The van der Waals surface area contributed by atoms with E-state index in [0.717, 1.165) is 22.4 Å².